The van der Waals surface area contributed by atoms with Crippen molar-refractivity contribution in [2.45, 2.75) is 24.7 Å². The Morgan fingerprint density at radius 1 is 1.37 bits per heavy atom. The SMILES string of the molecule is O=C(O)C1(c2c(F)c(Cl)cc3c2OCCO3)CCC1. The van der Waals surface area contributed by atoms with Gasteiger partial charge in [-0.05, 0) is 12.8 Å². The number of carboxylic acid groups (broad SMARTS) is 1. The Balaban J connectivity index is 2.24. The van der Waals surface area contributed by atoms with E-state index < -0.39 is 17.2 Å². The standard InChI is InChI=1S/C13H12ClFO4/c14-7-6-8-11(19-5-4-18-8)9(10(7)15)13(12(16)17)2-1-3-13/h6H,1-5H2,(H,16,17). The molecule has 0 aromatic heterocycles. The van der Waals surface area contributed by atoms with Crippen LogP contribution < -0.4 is 9.47 Å². The zero-order chi connectivity index (χ0) is 13.6. The van der Waals surface area contributed by atoms with Crippen molar-refractivity contribution >= 4 is 17.6 Å². The third-order valence-corrected chi connectivity index (χ3v) is 4.10. The Bertz CT molecular complexity index is 554. The van der Waals surface area contributed by atoms with Gasteiger partial charge in [0.05, 0.1) is 16.0 Å². The fourth-order valence-corrected chi connectivity index (χ4v) is 2.85. The molecule has 1 saturated carbocycles. The first-order valence-corrected chi connectivity index (χ1v) is 6.45. The van der Waals surface area contributed by atoms with Gasteiger partial charge in [0, 0.05) is 6.07 Å². The summed E-state index contributed by atoms with van der Waals surface area (Å²) >= 11 is 5.84. The number of carboxylic acids is 1. The van der Waals surface area contributed by atoms with Crippen LogP contribution in [0.15, 0.2) is 6.07 Å². The summed E-state index contributed by atoms with van der Waals surface area (Å²) in [7, 11) is 0. The number of fused-ring (bicyclic) bond motifs is 1. The van der Waals surface area contributed by atoms with Gasteiger partial charge in [-0.25, -0.2) is 4.39 Å². The van der Waals surface area contributed by atoms with E-state index in [4.69, 9.17) is 21.1 Å². The van der Waals surface area contributed by atoms with Crippen LogP contribution in [0.5, 0.6) is 11.5 Å². The molecule has 1 aromatic rings. The molecular formula is C13H12ClFO4. The molecular weight excluding hydrogens is 275 g/mol. The first-order valence-electron chi connectivity index (χ1n) is 6.08. The number of halogens is 2. The van der Waals surface area contributed by atoms with Crippen LogP contribution in [0, 0.1) is 5.82 Å². The van der Waals surface area contributed by atoms with Crippen molar-refractivity contribution in [1.82, 2.24) is 0 Å². The van der Waals surface area contributed by atoms with Gasteiger partial charge < -0.3 is 14.6 Å². The number of hydrogen-bond acceptors (Lipinski definition) is 3. The van der Waals surface area contributed by atoms with E-state index >= 15 is 0 Å². The lowest BCUT2D eigenvalue weighted by Crippen LogP contribution is -2.43. The molecule has 0 atom stereocenters. The fourth-order valence-electron chi connectivity index (χ4n) is 2.66. The number of aliphatic carboxylic acids is 1. The van der Waals surface area contributed by atoms with Crippen molar-refractivity contribution in [2.24, 2.45) is 0 Å². The minimum absolute atomic E-state index is 0.0356. The number of rotatable bonds is 2. The summed E-state index contributed by atoms with van der Waals surface area (Å²) < 4.78 is 25.1. The molecule has 3 rings (SSSR count). The van der Waals surface area contributed by atoms with Gasteiger partial charge in [-0.2, -0.15) is 0 Å². The van der Waals surface area contributed by atoms with Crippen LogP contribution in [0.4, 0.5) is 4.39 Å². The Morgan fingerprint density at radius 3 is 2.63 bits per heavy atom. The zero-order valence-corrected chi connectivity index (χ0v) is 10.8. The van der Waals surface area contributed by atoms with E-state index in [0.717, 1.165) is 6.42 Å². The average Bonchev–Trinajstić information content (AvgIpc) is 2.32. The van der Waals surface area contributed by atoms with Crippen LogP contribution in [-0.4, -0.2) is 24.3 Å². The topological polar surface area (TPSA) is 55.8 Å². The monoisotopic (exact) mass is 286 g/mol. The van der Waals surface area contributed by atoms with Crippen molar-refractivity contribution < 1.29 is 23.8 Å². The van der Waals surface area contributed by atoms with Crippen LogP contribution >= 0.6 is 11.6 Å². The van der Waals surface area contributed by atoms with Crippen molar-refractivity contribution in [2.75, 3.05) is 13.2 Å². The van der Waals surface area contributed by atoms with E-state index in [1.165, 1.54) is 6.07 Å². The second kappa shape index (κ2) is 4.27. The predicted octanol–water partition coefficient (Wildman–Crippen LogP) is 2.76. The minimum atomic E-state index is -1.24. The van der Waals surface area contributed by atoms with E-state index in [9.17, 15) is 14.3 Å². The van der Waals surface area contributed by atoms with E-state index in [1.807, 2.05) is 0 Å². The minimum Gasteiger partial charge on any atom is -0.486 e. The van der Waals surface area contributed by atoms with Crippen LogP contribution in [0.1, 0.15) is 24.8 Å². The summed E-state index contributed by atoms with van der Waals surface area (Å²) in [6, 6.07) is 1.34. The zero-order valence-electron chi connectivity index (χ0n) is 10.0. The molecule has 1 heterocycles. The maximum atomic E-state index is 14.3. The van der Waals surface area contributed by atoms with Crippen LogP contribution in [0.3, 0.4) is 0 Å². The van der Waals surface area contributed by atoms with Gasteiger partial charge in [0.25, 0.3) is 0 Å². The molecule has 4 nitrogen and oxygen atoms in total. The molecule has 0 unspecified atom stereocenters. The van der Waals surface area contributed by atoms with Crippen molar-refractivity contribution in [3.63, 3.8) is 0 Å². The summed E-state index contributed by atoms with van der Waals surface area (Å²) in [5, 5.41) is 9.32. The predicted molar refractivity (Wildman–Crippen MR) is 65.6 cm³/mol. The van der Waals surface area contributed by atoms with Crippen molar-refractivity contribution in [3.8, 4) is 11.5 Å². The molecule has 0 radical (unpaired) electrons. The van der Waals surface area contributed by atoms with Crippen LogP contribution in [0.2, 0.25) is 5.02 Å². The Labute approximate surface area is 114 Å². The first-order chi connectivity index (χ1) is 9.06. The molecule has 1 aliphatic heterocycles. The molecule has 2 aliphatic rings. The summed E-state index contributed by atoms with van der Waals surface area (Å²) in [5.41, 5.74) is -1.20. The quantitative estimate of drug-likeness (QED) is 0.908. The lowest BCUT2D eigenvalue weighted by molar-refractivity contribution is -0.147. The van der Waals surface area contributed by atoms with Gasteiger partial charge >= 0.3 is 5.97 Å². The molecule has 102 valence electrons. The van der Waals surface area contributed by atoms with Gasteiger partial charge in [0.1, 0.15) is 19.0 Å². The molecule has 19 heavy (non-hydrogen) atoms. The molecule has 1 N–H and O–H groups in total. The van der Waals surface area contributed by atoms with E-state index in [2.05, 4.69) is 0 Å². The van der Waals surface area contributed by atoms with Gasteiger partial charge in [-0.3, -0.25) is 4.79 Å². The largest absolute Gasteiger partial charge is 0.486 e. The normalized spacial score (nSPS) is 19.7. The highest BCUT2D eigenvalue weighted by molar-refractivity contribution is 6.31. The van der Waals surface area contributed by atoms with Crippen LogP contribution in [-0.2, 0) is 10.2 Å². The number of carbonyl (C=O) groups is 1. The lowest BCUT2D eigenvalue weighted by Gasteiger charge is -2.40. The van der Waals surface area contributed by atoms with E-state index in [0.29, 0.717) is 25.2 Å². The summed E-state index contributed by atoms with van der Waals surface area (Å²) in [4.78, 5) is 11.5. The second-order valence-corrected chi connectivity index (χ2v) is 5.22. The molecule has 0 bridgehead atoms. The Kier molecular flexibility index (Phi) is 2.82. The van der Waals surface area contributed by atoms with Gasteiger partial charge in [0.15, 0.2) is 11.5 Å². The Hall–Kier alpha value is -1.49. The highest BCUT2D eigenvalue weighted by atomic mass is 35.5. The molecule has 0 amide bonds. The highest BCUT2D eigenvalue weighted by Gasteiger charge is 2.51. The molecule has 0 saturated heterocycles. The molecule has 1 fully saturated rings. The smallest absolute Gasteiger partial charge is 0.314 e. The number of benzene rings is 1. The third kappa shape index (κ3) is 1.68. The van der Waals surface area contributed by atoms with Gasteiger partial charge in [-0.15, -0.1) is 0 Å². The molecule has 0 spiro atoms. The van der Waals surface area contributed by atoms with Crippen molar-refractivity contribution in [3.05, 3.63) is 22.5 Å². The third-order valence-electron chi connectivity index (χ3n) is 3.82. The van der Waals surface area contributed by atoms with E-state index in [1.54, 1.807) is 0 Å². The van der Waals surface area contributed by atoms with Crippen LogP contribution in [0.25, 0.3) is 0 Å². The van der Waals surface area contributed by atoms with Gasteiger partial charge in [-0.1, -0.05) is 18.0 Å². The highest BCUT2D eigenvalue weighted by Crippen LogP contribution is 2.52. The lowest BCUT2D eigenvalue weighted by atomic mass is 9.64. The maximum absolute atomic E-state index is 14.3. The average molecular weight is 287 g/mol. The second-order valence-electron chi connectivity index (χ2n) is 4.81. The first kappa shape index (κ1) is 12.5. The Morgan fingerprint density at radius 2 is 2.05 bits per heavy atom. The van der Waals surface area contributed by atoms with E-state index in [-0.39, 0.29) is 22.9 Å². The summed E-state index contributed by atoms with van der Waals surface area (Å²) in [6.45, 7) is 0.616. The molecule has 1 aliphatic carbocycles. The maximum Gasteiger partial charge on any atom is 0.314 e. The summed E-state index contributed by atoms with van der Waals surface area (Å²) in [5.74, 6) is -1.25. The van der Waals surface area contributed by atoms with Crippen molar-refractivity contribution in [1.29, 1.82) is 0 Å². The van der Waals surface area contributed by atoms with Gasteiger partial charge in [0.2, 0.25) is 0 Å². The summed E-state index contributed by atoms with van der Waals surface area (Å²) in [6.07, 6.45) is 1.51. The number of hydrogen-bond donors (Lipinski definition) is 1. The molecule has 6 heteroatoms. The number of ether oxygens (including phenoxy) is 2. The fraction of sp³-hybridized carbons (Fsp3) is 0.462. The molecule has 1 aromatic carbocycles.